The Morgan fingerprint density at radius 2 is 1.64 bits per heavy atom. The van der Waals surface area contributed by atoms with Gasteiger partial charge in [0.1, 0.15) is 12.4 Å². The van der Waals surface area contributed by atoms with Gasteiger partial charge in [-0.1, -0.05) is 48.0 Å². The molecule has 0 fully saturated rings. The number of benzene rings is 3. The number of rotatable bonds is 6. The molecule has 0 bridgehead atoms. The minimum absolute atomic E-state index is 0.0155. The van der Waals surface area contributed by atoms with E-state index in [-0.39, 0.29) is 16.4 Å². The summed E-state index contributed by atoms with van der Waals surface area (Å²) >= 11 is 5.70. The second-order valence-electron chi connectivity index (χ2n) is 6.72. The average Bonchev–Trinajstić information content (AvgIpc) is 2.75. The first-order valence-electron chi connectivity index (χ1n) is 9.23. The van der Waals surface area contributed by atoms with E-state index in [9.17, 15) is 30.8 Å². The van der Waals surface area contributed by atoms with Crippen molar-refractivity contribution >= 4 is 39.0 Å². The molecule has 3 aromatic carbocycles. The zero-order valence-corrected chi connectivity index (χ0v) is 18.2. The second kappa shape index (κ2) is 9.77. The third kappa shape index (κ3) is 6.67. The van der Waals surface area contributed by atoms with Crippen LogP contribution in [0.25, 0.3) is 11.1 Å². The van der Waals surface area contributed by atoms with Crippen LogP contribution in [-0.4, -0.2) is 27.2 Å². The van der Waals surface area contributed by atoms with Gasteiger partial charge >= 0.3 is 12.2 Å². The van der Waals surface area contributed by atoms with Crippen LogP contribution in [0.1, 0.15) is 0 Å². The SMILES string of the molecule is O=C(Nc1ccc(F)c(Cl)c1)Nc1cc(S(=O)(=O)NCC(F)(F)F)ccc1-c1ccccc1. The van der Waals surface area contributed by atoms with Gasteiger partial charge in [0.15, 0.2) is 0 Å². The van der Waals surface area contributed by atoms with Gasteiger partial charge in [-0.2, -0.15) is 13.2 Å². The normalized spacial score (nSPS) is 11.8. The summed E-state index contributed by atoms with van der Waals surface area (Å²) in [6, 6.07) is 14.8. The van der Waals surface area contributed by atoms with Crippen molar-refractivity contribution in [3.05, 3.63) is 77.6 Å². The summed E-state index contributed by atoms with van der Waals surface area (Å²) in [6.45, 7) is -1.75. The van der Waals surface area contributed by atoms with Crippen molar-refractivity contribution in [3.8, 4) is 11.1 Å². The number of anilines is 2. The molecule has 0 radical (unpaired) electrons. The molecule has 0 spiro atoms. The molecule has 12 heteroatoms. The standard InChI is InChI=1S/C21H16ClF4N3O3S/c22-17-10-14(6-9-18(17)23)28-20(30)29-19-11-15(33(31,32)27-12-21(24,25)26)7-8-16(19)13-4-2-1-3-5-13/h1-11,27H,12H2,(H2,28,29,30). The Kier molecular flexibility index (Phi) is 7.25. The van der Waals surface area contributed by atoms with Crippen LogP contribution in [0, 0.1) is 5.82 Å². The number of sulfonamides is 1. The van der Waals surface area contributed by atoms with E-state index in [1.165, 1.54) is 22.9 Å². The zero-order chi connectivity index (χ0) is 24.2. The Labute approximate surface area is 191 Å². The van der Waals surface area contributed by atoms with Gasteiger partial charge < -0.3 is 10.6 Å². The van der Waals surface area contributed by atoms with Gasteiger partial charge in [0.25, 0.3) is 0 Å². The number of amides is 2. The quantitative estimate of drug-likeness (QED) is 0.382. The van der Waals surface area contributed by atoms with Gasteiger partial charge in [-0.3, -0.25) is 0 Å². The third-order valence-electron chi connectivity index (χ3n) is 4.27. The monoisotopic (exact) mass is 501 g/mol. The Bertz CT molecular complexity index is 1270. The second-order valence-corrected chi connectivity index (χ2v) is 8.90. The number of hydrogen-bond acceptors (Lipinski definition) is 3. The lowest BCUT2D eigenvalue weighted by molar-refractivity contribution is -0.121. The molecule has 3 N–H and O–H groups in total. The Morgan fingerprint density at radius 3 is 2.27 bits per heavy atom. The molecule has 0 aliphatic rings. The fourth-order valence-electron chi connectivity index (χ4n) is 2.78. The molecule has 0 aliphatic heterocycles. The van der Waals surface area contributed by atoms with E-state index in [1.54, 1.807) is 30.3 Å². The first-order valence-corrected chi connectivity index (χ1v) is 11.1. The molecule has 6 nitrogen and oxygen atoms in total. The van der Waals surface area contributed by atoms with Crippen molar-refractivity contribution < 1.29 is 30.8 Å². The van der Waals surface area contributed by atoms with Crippen molar-refractivity contribution in [2.75, 3.05) is 17.2 Å². The lowest BCUT2D eigenvalue weighted by Gasteiger charge is -2.15. The van der Waals surface area contributed by atoms with Crippen LogP contribution in [0.3, 0.4) is 0 Å². The summed E-state index contributed by atoms with van der Waals surface area (Å²) in [5, 5.41) is 4.68. The summed E-state index contributed by atoms with van der Waals surface area (Å²) in [4.78, 5) is 12.0. The van der Waals surface area contributed by atoms with Gasteiger partial charge in [0.05, 0.1) is 15.6 Å². The fourth-order valence-corrected chi connectivity index (χ4v) is 4.00. The van der Waals surface area contributed by atoms with E-state index in [0.717, 1.165) is 18.2 Å². The predicted molar refractivity (Wildman–Crippen MR) is 117 cm³/mol. The van der Waals surface area contributed by atoms with Crippen molar-refractivity contribution in [1.82, 2.24) is 4.72 Å². The largest absolute Gasteiger partial charge is 0.402 e. The van der Waals surface area contributed by atoms with E-state index in [4.69, 9.17) is 11.6 Å². The fraction of sp³-hybridized carbons (Fsp3) is 0.0952. The van der Waals surface area contributed by atoms with Crippen LogP contribution >= 0.6 is 11.6 Å². The van der Waals surface area contributed by atoms with Crippen LogP contribution in [0.5, 0.6) is 0 Å². The third-order valence-corrected chi connectivity index (χ3v) is 5.96. The highest BCUT2D eigenvalue weighted by molar-refractivity contribution is 7.89. The summed E-state index contributed by atoms with van der Waals surface area (Å²) in [7, 11) is -4.52. The molecule has 0 aliphatic carbocycles. The van der Waals surface area contributed by atoms with Crippen LogP contribution in [0.4, 0.5) is 33.7 Å². The van der Waals surface area contributed by atoms with E-state index in [2.05, 4.69) is 10.6 Å². The van der Waals surface area contributed by atoms with E-state index < -0.39 is 39.5 Å². The molecule has 3 rings (SSSR count). The molecule has 0 atom stereocenters. The van der Waals surface area contributed by atoms with Crippen LogP contribution in [-0.2, 0) is 10.0 Å². The molecule has 0 aromatic heterocycles. The molecule has 3 aromatic rings. The van der Waals surface area contributed by atoms with Gasteiger partial charge in [-0.05, 0) is 35.9 Å². The van der Waals surface area contributed by atoms with Gasteiger partial charge in [0.2, 0.25) is 10.0 Å². The molecule has 174 valence electrons. The number of hydrogen-bond donors (Lipinski definition) is 3. The Hall–Kier alpha value is -3.15. The molecule has 0 saturated carbocycles. The molecule has 0 heterocycles. The number of halogens is 5. The molecular formula is C21H16ClF4N3O3S. The van der Waals surface area contributed by atoms with Crippen molar-refractivity contribution in [2.45, 2.75) is 11.1 Å². The Morgan fingerprint density at radius 1 is 0.939 bits per heavy atom. The highest BCUT2D eigenvalue weighted by Crippen LogP contribution is 2.31. The van der Waals surface area contributed by atoms with Crippen LogP contribution in [0.2, 0.25) is 5.02 Å². The van der Waals surface area contributed by atoms with E-state index >= 15 is 0 Å². The molecular weight excluding hydrogens is 486 g/mol. The first-order chi connectivity index (χ1) is 15.4. The maximum absolute atomic E-state index is 13.3. The number of nitrogens with one attached hydrogen (secondary N) is 3. The highest BCUT2D eigenvalue weighted by atomic mass is 35.5. The number of carbonyl (C=O) groups excluding carboxylic acids is 1. The number of carbonyl (C=O) groups is 1. The minimum atomic E-state index is -4.74. The van der Waals surface area contributed by atoms with Crippen molar-refractivity contribution in [2.24, 2.45) is 0 Å². The summed E-state index contributed by atoms with van der Waals surface area (Å²) < 4.78 is 76.9. The average molecular weight is 502 g/mol. The van der Waals surface area contributed by atoms with E-state index in [1.807, 2.05) is 0 Å². The van der Waals surface area contributed by atoms with Gasteiger partial charge in [-0.25, -0.2) is 22.3 Å². The van der Waals surface area contributed by atoms with Gasteiger partial charge in [-0.15, -0.1) is 0 Å². The lowest BCUT2D eigenvalue weighted by atomic mass is 10.0. The maximum Gasteiger partial charge on any atom is 0.402 e. The van der Waals surface area contributed by atoms with Crippen molar-refractivity contribution in [3.63, 3.8) is 0 Å². The molecule has 33 heavy (non-hydrogen) atoms. The minimum Gasteiger partial charge on any atom is -0.308 e. The number of alkyl halides is 3. The summed E-state index contributed by atoms with van der Waals surface area (Å²) in [5.41, 5.74) is 1.21. The Balaban J connectivity index is 1.93. The van der Waals surface area contributed by atoms with Crippen LogP contribution in [0.15, 0.2) is 71.6 Å². The smallest absolute Gasteiger partial charge is 0.308 e. The predicted octanol–water partition coefficient (Wildman–Crippen LogP) is 5.63. The lowest BCUT2D eigenvalue weighted by Crippen LogP contribution is -2.33. The summed E-state index contributed by atoms with van der Waals surface area (Å²) in [5.74, 6) is -0.682. The molecule has 0 saturated heterocycles. The van der Waals surface area contributed by atoms with Gasteiger partial charge in [0, 0.05) is 11.3 Å². The maximum atomic E-state index is 13.3. The van der Waals surface area contributed by atoms with Crippen molar-refractivity contribution in [1.29, 1.82) is 0 Å². The van der Waals surface area contributed by atoms with E-state index in [0.29, 0.717) is 11.1 Å². The number of urea groups is 1. The molecule has 0 unspecified atom stereocenters. The first kappa shape index (κ1) is 24.5. The highest BCUT2D eigenvalue weighted by Gasteiger charge is 2.30. The molecule has 2 amide bonds. The van der Waals surface area contributed by atoms with Crippen LogP contribution < -0.4 is 15.4 Å². The topological polar surface area (TPSA) is 87.3 Å². The zero-order valence-electron chi connectivity index (χ0n) is 16.6. The summed E-state index contributed by atoms with van der Waals surface area (Å²) in [6.07, 6.45) is -4.74.